The smallest absolute Gasteiger partial charge is 0.416 e. The molecule has 0 radical (unpaired) electrons. The molecule has 1 aromatic heterocycles. The van der Waals surface area contributed by atoms with E-state index in [-0.39, 0.29) is 0 Å². The molecule has 11 heteroatoms. The topological polar surface area (TPSA) is 99.8 Å². The first-order valence-electron chi connectivity index (χ1n) is 14.0. The van der Waals surface area contributed by atoms with Crippen LogP contribution in [0.15, 0.2) is 67.0 Å². The Balaban J connectivity index is 1.20. The zero-order valence-corrected chi connectivity index (χ0v) is 23.6. The van der Waals surface area contributed by atoms with Crippen molar-refractivity contribution in [3.05, 3.63) is 83.7 Å². The van der Waals surface area contributed by atoms with Gasteiger partial charge in [0.1, 0.15) is 6.33 Å². The maximum Gasteiger partial charge on any atom is 0.416 e. The number of nitrogens with two attached hydrogens (primary N) is 1. The fraction of sp³-hybridized carbons (Fsp3) is 0.344. The molecule has 1 unspecified atom stereocenters. The molecule has 1 atom stereocenters. The van der Waals surface area contributed by atoms with Crippen molar-refractivity contribution in [2.45, 2.75) is 18.5 Å². The van der Waals surface area contributed by atoms with Gasteiger partial charge in [-0.1, -0.05) is 36.4 Å². The molecule has 8 nitrogen and oxygen atoms in total. The van der Waals surface area contributed by atoms with Crippen LogP contribution in [0.2, 0.25) is 0 Å². The van der Waals surface area contributed by atoms with Gasteiger partial charge in [-0.15, -0.1) is 0 Å². The summed E-state index contributed by atoms with van der Waals surface area (Å²) in [6, 6.07) is 15.2. The standard InChI is InChI=1S/C32H31F3N4O4/c1-41-26-14-25-24(13-27(26)43-12-2-11-39-15-31(16-39)17-42-18-31)29(38-19-37-25)22-5-3-20(4-6-22)28(30(36)40)21-7-9-23(10-8-21)32(33,34)35/h3-10,13-14,19,28H,2,11-12,15-18H2,1H3,(H2,36,40). The lowest BCUT2D eigenvalue weighted by molar-refractivity contribution is -0.189. The number of amides is 1. The highest BCUT2D eigenvalue weighted by Gasteiger charge is 2.48. The van der Waals surface area contributed by atoms with Crippen LogP contribution in [0, 0.1) is 5.41 Å². The molecule has 0 aliphatic carbocycles. The Morgan fingerprint density at radius 1 is 1.02 bits per heavy atom. The van der Waals surface area contributed by atoms with Crippen LogP contribution in [-0.2, 0) is 15.7 Å². The molecule has 2 N–H and O–H groups in total. The SMILES string of the molecule is COc1cc2ncnc(-c3ccc(C(C(N)=O)c4ccc(C(F)(F)F)cc4)cc3)c2cc1OCCCN1CC2(COC2)C1. The number of primary amides is 1. The minimum Gasteiger partial charge on any atom is -0.493 e. The van der Waals surface area contributed by atoms with Gasteiger partial charge in [-0.2, -0.15) is 13.2 Å². The summed E-state index contributed by atoms with van der Waals surface area (Å²) in [4.78, 5) is 23.7. The van der Waals surface area contributed by atoms with E-state index in [9.17, 15) is 18.0 Å². The summed E-state index contributed by atoms with van der Waals surface area (Å²) in [7, 11) is 1.58. The molecular formula is C32H31F3N4O4. The van der Waals surface area contributed by atoms with Crippen molar-refractivity contribution in [1.82, 2.24) is 14.9 Å². The number of carbonyl (C=O) groups is 1. The fourth-order valence-corrected chi connectivity index (χ4v) is 5.89. The molecule has 1 amide bonds. The molecule has 6 rings (SSSR count). The first-order valence-corrected chi connectivity index (χ1v) is 14.0. The number of likely N-dealkylation sites (tertiary alicyclic amines) is 1. The second-order valence-electron chi connectivity index (χ2n) is 11.2. The third-order valence-electron chi connectivity index (χ3n) is 8.10. The first-order chi connectivity index (χ1) is 20.7. The minimum absolute atomic E-state index is 0.375. The monoisotopic (exact) mass is 592 g/mol. The highest BCUT2D eigenvalue weighted by Crippen LogP contribution is 2.38. The number of halogens is 3. The van der Waals surface area contributed by atoms with Gasteiger partial charge in [-0.05, 0) is 35.7 Å². The van der Waals surface area contributed by atoms with Gasteiger partial charge in [-0.3, -0.25) is 4.79 Å². The van der Waals surface area contributed by atoms with Crippen molar-refractivity contribution >= 4 is 16.8 Å². The number of hydrogen-bond donors (Lipinski definition) is 1. The van der Waals surface area contributed by atoms with E-state index >= 15 is 0 Å². The molecule has 43 heavy (non-hydrogen) atoms. The average molecular weight is 593 g/mol. The van der Waals surface area contributed by atoms with Crippen molar-refractivity contribution in [3.8, 4) is 22.8 Å². The van der Waals surface area contributed by atoms with Crippen molar-refractivity contribution in [3.63, 3.8) is 0 Å². The predicted octanol–water partition coefficient (Wildman–Crippen LogP) is 5.04. The van der Waals surface area contributed by atoms with Crippen molar-refractivity contribution < 1.29 is 32.2 Å². The summed E-state index contributed by atoms with van der Waals surface area (Å²) in [6.07, 6.45) is -2.13. The quantitative estimate of drug-likeness (QED) is 0.258. The van der Waals surface area contributed by atoms with E-state index in [1.807, 2.05) is 12.1 Å². The fourth-order valence-electron chi connectivity index (χ4n) is 5.89. The van der Waals surface area contributed by atoms with Crippen LogP contribution < -0.4 is 15.2 Å². The Morgan fingerprint density at radius 2 is 1.70 bits per heavy atom. The number of benzene rings is 3. The lowest BCUT2D eigenvalue weighted by Crippen LogP contribution is -2.65. The number of fused-ring (bicyclic) bond motifs is 1. The second kappa shape index (κ2) is 11.5. The molecule has 2 aliphatic heterocycles. The summed E-state index contributed by atoms with van der Waals surface area (Å²) in [6.45, 7) is 5.38. The zero-order valence-electron chi connectivity index (χ0n) is 23.6. The Bertz CT molecular complexity index is 1620. The maximum atomic E-state index is 13.0. The molecule has 1 spiro atoms. The number of aromatic nitrogens is 2. The number of alkyl halides is 3. The maximum absolute atomic E-state index is 13.0. The van der Waals surface area contributed by atoms with E-state index in [0.717, 1.165) is 62.4 Å². The van der Waals surface area contributed by atoms with Gasteiger partial charge in [0.25, 0.3) is 0 Å². The van der Waals surface area contributed by atoms with Crippen molar-refractivity contribution in [1.29, 1.82) is 0 Å². The largest absolute Gasteiger partial charge is 0.493 e. The van der Waals surface area contributed by atoms with E-state index in [1.165, 1.54) is 18.5 Å². The zero-order chi connectivity index (χ0) is 30.2. The Labute approximate surface area is 246 Å². The molecule has 2 saturated heterocycles. The first kappa shape index (κ1) is 28.9. The Morgan fingerprint density at radius 3 is 2.28 bits per heavy atom. The lowest BCUT2D eigenvalue weighted by Gasteiger charge is -2.55. The second-order valence-corrected chi connectivity index (χ2v) is 11.2. The number of ether oxygens (including phenoxy) is 3. The molecule has 2 fully saturated rings. The summed E-state index contributed by atoms with van der Waals surface area (Å²) < 4.78 is 56.1. The molecule has 0 saturated carbocycles. The summed E-state index contributed by atoms with van der Waals surface area (Å²) >= 11 is 0. The van der Waals surface area contributed by atoms with Gasteiger partial charge in [0.15, 0.2) is 11.5 Å². The molecule has 224 valence electrons. The number of carbonyl (C=O) groups excluding carboxylic acids is 1. The summed E-state index contributed by atoms with van der Waals surface area (Å²) in [5, 5.41) is 0.759. The van der Waals surface area contributed by atoms with Crippen LogP contribution >= 0.6 is 0 Å². The van der Waals surface area contributed by atoms with Gasteiger partial charge in [-0.25, -0.2) is 9.97 Å². The van der Waals surface area contributed by atoms with Crippen LogP contribution in [-0.4, -0.2) is 67.3 Å². The van der Waals surface area contributed by atoms with E-state index in [1.54, 1.807) is 31.4 Å². The molecular weight excluding hydrogens is 561 g/mol. The Hall–Kier alpha value is -4.22. The van der Waals surface area contributed by atoms with E-state index in [4.69, 9.17) is 19.9 Å². The molecule has 3 aromatic carbocycles. The Kier molecular flexibility index (Phi) is 7.70. The van der Waals surface area contributed by atoms with E-state index < -0.39 is 23.6 Å². The average Bonchev–Trinajstić information content (AvgIpc) is 2.94. The molecule has 3 heterocycles. The number of hydrogen-bond acceptors (Lipinski definition) is 7. The highest BCUT2D eigenvalue weighted by atomic mass is 19.4. The van der Waals surface area contributed by atoms with E-state index in [2.05, 4.69) is 14.9 Å². The van der Waals surface area contributed by atoms with Gasteiger partial charge < -0.3 is 24.8 Å². The summed E-state index contributed by atoms with van der Waals surface area (Å²) in [5.74, 6) is -0.416. The molecule has 2 aliphatic rings. The van der Waals surface area contributed by atoms with Crippen LogP contribution in [0.1, 0.15) is 29.0 Å². The van der Waals surface area contributed by atoms with Gasteiger partial charge in [0.05, 0.1) is 49.6 Å². The third-order valence-corrected chi connectivity index (χ3v) is 8.10. The van der Waals surface area contributed by atoms with Crippen LogP contribution in [0.5, 0.6) is 11.5 Å². The predicted molar refractivity (Wildman–Crippen MR) is 154 cm³/mol. The van der Waals surface area contributed by atoms with Crippen molar-refractivity contribution in [2.75, 3.05) is 46.6 Å². The number of methoxy groups -OCH3 is 1. The molecule has 4 aromatic rings. The van der Waals surface area contributed by atoms with Crippen LogP contribution in [0.4, 0.5) is 13.2 Å². The third kappa shape index (κ3) is 5.87. The molecule has 0 bridgehead atoms. The number of rotatable bonds is 10. The summed E-state index contributed by atoms with van der Waals surface area (Å²) in [5.41, 5.74) is 8.29. The minimum atomic E-state index is -4.47. The van der Waals surface area contributed by atoms with E-state index in [0.29, 0.717) is 45.9 Å². The van der Waals surface area contributed by atoms with Gasteiger partial charge in [0, 0.05) is 42.1 Å². The van der Waals surface area contributed by atoms with Crippen LogP contribution in [0.25, 0.3) is 22.2 Å². The number of nitrogens with zero attached hydrogens (tertiary/aromatic N) is 3. The lowest BCUT2D eigenvalue weighted by atomic mass is 9.78. The normalized spacial score (nSPS) is 16.8. The highest BCUT2D eigenvalue weighted by molar-refractivity contribution is 5.94. The van der Waals surface area contributed by atoms with Gasteiger partial charge in [0.2, 0.25) is 5.91 Å². The van der Waals surface area contributed by atoms with Crippen molar-refractivity contribution in [2.24, 2.45) is 11.1 Å². The van der Waals surface area contributed by atoms with Crippen LogP contribution in [0.3, 0.4) is 0 Å². The van der Waals surface area contributed by atoms with Gasteiger partial charge >= 0.3 is 6.18 Å².